The number of aryl methyl sites for hydroxylation is 1. The fraction of sp³-hybridized carbons (Fsp3) is 0.167. The van der Waals surface area contributed by atoms with Crippen LogP contribution >= 0.6 is 11.6 Å². The van der Waals surface area contributed by atoms with E-state index in [2.05, 4.69) is 24.0 Å². The van der Waals surface area contributed by atoms with Crippen LogP contribution in [0.4, 0.5) is 23.4 Å². The normalized spacial score (nSPS) is 14.0. The van der Waals surface area contributed by atoms with Gasteiger partial charge in [0.25, 0.3) is 0 Å². The highest BCUT2D eigenvalue weighted by molar-refractivity contribution is 7.93. The minimum Gasteiger partial charge on any atom is -0.331 e. The van der Waals surface area contributed by atoms with Crippen molar-refractivity contribution < 1.29 is 26.3 Å². The highest BCUT2D eigenvalue weighted by Gasteiger charge is 2.35. The molecular formula is C18H12ClF4N5O2S. The summed E-state index contributed by atoms with van der Waals surface area (Å²) >= 11 is 4.88. The zero-order valence-corrected chi connectivity index (χ0v) is 17.4. The number of imidazole rings is 1. The van der Waals surface area contributed by atoms with Gasteiger partial charge in [-0.25, -0.2) is 18.0 Å². The summed E-state index contributed by atoms with van der Waals surface area (Å²) in [6, 6.07) is 5.65. The van der Waals surface area contributed by atoms with Crippen molar-refractivity contribution in [2.45, 2.75) is 17.2 Å². The summed E-state index contributed by atoms with van der Waals surface area (Å²) in [5.74, 6) is -2.78. The first-order valence-electron chi connectivity index (χ1n) is 8.53. The number of aromatic nitrogens is 4. The molecule has 162 valence electrons. The Morgan fingerprint density at radius 1 is 1.19 bits per heavy atom. The van der Waals surface area contributed by atoms with E-state index in [0.29, 0.717) is 23.0 Å². The summed E-state index contributed by atoms with van der Waals surface area (Å²) in [7, 11) is -3.29. The average Bonchev–Trinajstić information content (AvgIpc) is 3.26. The number of nitrogens with zero attached hydrogens (tertiary/aromatic N) is 5. The van der Waals surface area contributed by atoms with Crippen molar-refractivity contribution in [3.63, 3.8) is 0 Å². The highest BCUT2D eigenvalue weighted by atomic mass is 35.5. The van der Waals surface area contributed by atoms with E-state index in [4.69, 9.17) is 11.6 Å². The van der Waals surface area contributed by atoms with E-state index in [0.717, 1.165) is 12.1 Å². The molecule has 1 unspecified atom stereocenters. The molecule has 0 aliphatic rings. The number of benzene rings is 1. The van der Waals surface area contributed by atoms with Crippen molar-refractivity contribution >= 4 is 32.8 Å². The molecule has 3 aromatic heterocycles. The van der Waals surface area contributed by atoms with E-state index in [-0.39, 0.29) is 16.5 Å². The molecule has 7 nitrogen and oxygen atoms in total. The molecule has 0 N–H and O–H groups in total. The van der Waals surface area contributed by atoms with Crippen molar-refractivity contribution in [3.05, 3.63) is 59.7 Å². The maximum atomic E-state index is 14.1. The lowest BCUT2D eigenvalue weighted by atomic mass is 10.2. The smallest absolute Gasteiger partial charge is 0.331 e. The lowest BCUT2D eigenvalue weighted by molar-refractivity contribution is 0.0551. The van der Waals surface area contributed by atoms with E-state index < -0.39 is 32.6 Å². The molecule has 1 atom stereocenters. The molecule has 0 radical (unpaired) electrons. The van der Waals surface area contributed by atoms with Crippen LogP contribution in [0.15, 0.2) is 50.3 Å². The number of rotatable bonds is 4. The fourth-order valence-electron chi connectivity index (χ4n) is 2.85. The number of alkyl halides is 3. The predicted molar refractivity (Wildman–Crippen MR) is 104 cm³/mol. The summed E-state index contributed by atoms with van der Waals surface area (Å²) in [5.41, 5.74) is 0.990. The molecule has 0 spiro atoms. The van der Waals surface area contributed by atoms with Crippen LogP contribution in [-0.4, -0.2) is 30.0 Å². The minimum absolute atomic E-state index is 0.135. The standard InChI is InChI=1S/C18H12ClF4N5O2S/c1-9-16(27-31(2,29)13-4-3-11(20)8-12(13)21)28-6-5-10(7-14(28)24-9)15-25-17(30-26-15)18(19,22)23/h3-8H,1-2H3. The number of halogens is 5. The maximum absolute atomic E-state index is 14.1. The monoisotopic (exact) mass is 473 g/mol. The molecule has 0 aliphatic carbocycles. The van der Waals surface area contributed by atoms with Gasteiger partial charge in [-0.05, 0) is 42.8 Å². The third-order valence-corrected chi connectivity index (χ3v) is 6.09. The van der Waals surface area contributed by atoms with Crippen LogP contribution in [0.3, 0.4) is 0 Å². The number of hydrogen-bond donors (Lipinski definition) is 0. The van der Waals surface area contributed by atoms with E-state index in [1.807, 2.05) is 0 Å². The van der Waals surface area contributed by atoms with Gasteiger partial charge in [-0.3, -0.25) is 4.40 Å². The van der Waals surface area contributed by atoms with E-state index in [9.17, 15) is 21.8 Å². The molecule has 0 saturated carbocycles. The van der Waals surface area contributed by atoms with Crippen molar-refractivity contribution in [2.75, 3.05) is 6.26 Å². The summed E-state index contributed by atoms with van der Waals surface area (Å²) in [6.07, 6.45) is 2.71. The summed E-state index contributed by atoms with van der Waals surface area (Å²) in [4.78, 5) is 7.62. The minimum atomic E-state index is -3.80. The second kappa shape index (κ2) is 7.31. The zero-order valence-electron chi connectivity index (χ0n) is 15.8. The molecule has 3 heterocycles. The first-order chi connectivity index (χ1) is 14.5. The zero-order chi connectivity index (χ0) is 22.6. The third kappa shape index (κ3) is 4.00. The largest absolute Gasteiger partial charge is 0.400 e. The molecule has 0 bridgehead atoms. The summed E-state index contributed by atoms with van der Waals surface area (Å²) in [5, 5.41) is -0.328. The van der Waals surface area contributed by atoms with Gasteiger partial charge in [0.1, 0.15) is 17.3 Å². The quantitative estimate of drug-likeness (QED) is 0.306. The van der Waals surface area contributed by atoms with E-state index in [1.54, 1.807) is 6.92 Å². The van der Waals surface area contributed by atoms with Crippen LogP contribution in [0.2, 0.25) is 0 Å². The molecule has 0 saturated heterocycles. The Labute approximate surface area is 177 Å². The molecule has 31 heavy (non-hydrogen) atoms. The number of fused-ring (bicyclic) bond motifs is 1. The Morgan fingerprint density at radius 3 is 2.58 bits per heavy atom. The fourth-order valence-corrected chi connectivity index (χ4v) is 4.32. The number of pyridine rings is 1. The molecule has 4 rings (SSSR count). The second-order valence-corrected chi connectivity index (χ2v) is 9.26. The second-order valence-electron chi connectivity index (χ2n) is 6.55. The van der Waals surface area contributed by atoms with Gasteiger partial charge < -0.3 is 4.52 Å². The molecule has 0 amide bonds. The highest BCUT2D eigenvalue weighted by Crippen LogP contribution is 2.33. The van der Waals surface area contributed by atoms with E-state index >= 15 is 0 Å². The molecule has 0 aliphatic heterocycles. The number of hydrogen-bond acceptors (Lipinski definition) is 6. The van der Waals surface area contributed by atoms with E-state index in [1.165, 1.54) is 29.0 Å². The lowest BCUT2D eigenvalue weighted by Crippen LogP contribution is -2.03. The van der Waals surface area contributed by atoms with Crippen LogP contribution in [0, 0.1) is 18.6 Å². The van der Waals surface area contributed by atoms with Gasteiger partial charge in [0, 0.05) is 24.1 Å². The van der Waals surface area contributed by atoms with Gasteiger partial charge in [-0.2, -0.15) is 18.1 Å². The molecule has 0 fully saturated rings. The van der Waals surface area contributed by atoms with Crippen LogP contribution in [0.1, 0.15) is 11.6 Å². The Bertz CT molecular complexity index is 1440. The molecule has 13 heteroatoms. The average molecular weight is 474 g/mol. The van der Waals surface area contributed by atoms with Gasteiger partial charge >= 0.3 is 11.3 Å². The molecular weight excluding hydrogens is 462 g/mol. The Morgan fingerprint density at radius 2 is 1.94 bits per heavy atom. The topological polar surface area (TPSA) is 85.7 Å². The lowest BCUT2D eigenvalue weighted by Gasteiger charge is -2.07. The Kier molecular flexibility index (Phi) is 5.01. The SMILES string of the molecule is Cc1nc2cc(-c3noc(C(F)(F)Cl)n3)ccn2c1N=S(C)(=O)c1ccc(F)cc1F. The molecule has 4 aromatic rings. The Balaban J connectivity index is 1.80. The Hall–Kier alpha value is -2.99. The molecule has 1 aromatic carbocycles. The summed E-state index contributed by atoms with van der Waals surface area (Å²) < 4.78 is 76.7. The van der Waals surface area contributed by atoms with Crippen LogP contribution in [0.5, 0.6) is 0 Å². The third-order valence-electron chi connectivity index (χ3n) is 4.26. The van der Waals surface area contributed by atoms with Gasteiger partial charge in [0.05, 0.1) is 20.3 Å². The van der Waals surface area contributed by atoms with Crippen LogP contribution in [-0.2, 0) is 15.1 Å². The van der Waals surface area contributed by atoms with Crippen molar-refractivity contribution in [3.8, 4) is 11.4 Å². The maximum Gasteiger partial charge on any atom is 0.400 e. The van der Waals surface area contributed by atoms with Gasteiger partial charge in [-0.1, -0.05) is 5.16 Å². The van der Waals surface area contributed by atoms with Gasteiger partial charge in [0.15, 0.2) is 5.82 Å². The van der Waals surface area contributed by atoms with Crippen LogP contribution < -0.4 is 0 Å². The summed E-state index contributed by atoms with van der Waals surface area (Å²) in [6.45, 7) is 1.60. The first kappa shape index (κ1) is 21.2. The first-order valence-corrected chi connectivity index (χ1v) is 10.8. The van der Waals surface area contributed by atoms with Crippen molar-refractivity contribution in [1.29, 1.82) is 0 Å². The van der Waals surface area contributed by atoms with Crippen LogP contribution in [0.25, 0.3) is 17.0 Å². The van der Waals surface area contributed by atoms with Gasteiger partial charge in [0.2, 0.25) is 5.82 Å². The van der Waals surface area contributed by atoms with Crippen molar-refractivity contribution in [2.24, 2.45) is 4.36 Å². The van der Waals surface area contributed by atoms with Gasteiger partial charge in [-0.15, -0.1) is 0 Å². The predicted octanol–water partition coefficient (Wildman–Crippen LogP) is 5.05. The van der Waals surface area contributed by atoms with Crippen molar-refractivity contribution in [1.82, 2.24) is 19.5 Å².